The lowest BCUT2D eigenvalue weighted by atomic mass is 10.0. The second kappa shape index (κ2) is 6.61. The summed E-state index contributed by atoms with van der Waals surface area (Å²) in [5.41, 5.74) is 2.94. The highest BCUT2D eigenvalue weighted by Crippen LogP contribution is 2.17. The van der Waals surface area contributed by atoms with E-state index in [0.29, 0.717) is 11.6 Å². The van der Waals surface area contributed by atoms with Gasteiger partial charge in [0.15, 0.2) is 0 Å². The van der Waals surface area contributed by atoms with Gasteiger partial charge >= 0.3 is 0 Å². The summed E-state index contributed by atoms with van der Waals surface area (Å²) in [7, 11) is 0. The van der Waals surface area contributed by atoms with Crippen LogP contribution in [-0.2, 0) is 6.42 Å². The smallest absolute Gasteiger partial charge is 0.101 e. The maximum absolute atomic E-state index is 9.10. The minimum Gasteiger partial charge on any atom is -0.381 e. The number of anilines is 1. The Morgan fingerprint density at radius 2 is 1.74 bits per heavy atom. The second-order valence-corrected chi connectivity index (χ2v) is 4.60. The third-order valence-corrected chi connectivity index (χ3v) is 3.22. The van der Waals surface area contributed by atoms with Crippen LogP contribution in [0, 0.1) is 11.3 Å². The first-order valence-corrected chi connectivity index (χ1v) is 6.63. The van der Waals surface area contributed by atoms with E-state index in [-0.39, 0.29) is 0 Å². The zero-order chi connectivity index (χ0) is 13.5. The molecular formula is C17H18N2. The van der Waals surface area contributed by atoms with Gasteiger partial charge in [-0.1, -0.05) is 49.4 Å². The summed E-state index contributed by atoms with van der Waals surface area (Å²) in [5.74, 6) is 0. The summed E-state index contributed by atoms with van der Waals surface area (Å²) >= 11 is 0. The Morgan fingerprint density at radius 1 is 1.05 bits per heavy atom. The minimum absolute atomic E-state index is 0.344. The third-order valence-electron chi connectivity index (χ3n) is 3.22. The number of benzene rings is 2. The molecule has 0 saturated carbocycles. The summed E-state index contributed by atoms with van der Waals surface area (Å²) in [4.78, 5) is 0. The van der Waals surface area contributed by atoms with E-state index in [0.717, 1.165) is 18.5 Å². The molecule has 0 bridgehead atoms. The Hall–Kier alpha value is -2.27. The van der Waals surface area contributed by atoms with E-state index >= 15 is 0 Å². The van der Waals surface area contributed by atoms with Gasteiger partial charge < -0.3 is 5.32 Å². The molecule has 0 fully saturated rings. The van der Waals surface area contributed by atoms with Crippen LogP contribution in [0.4, 0.5) is 5.69 Å². The van der Waals surface area contributed by atoms with Crippen LogP contribution >= 0.6 is 0 Å². The normalized spacial score (nSPS) is 11.6. The van der Waals surface area contributed by atoms with Gasteiger partial charge in [-0.05, 0) is 30.5 Å². The van der Waals surface area contributed by atoms with Crippen molar-refractivity contribution in [1.29, 1.82) is 5.26 Å². The molecule has 0 aliphatic carbocycles. The van der Waals surface area contributed by atoms with Gasteiger partial charge in [0.25, 0.3) is 0 Å². The highest BCUT2D eigenvalue weighted by atomic mass is 14.9. The fourth-order valence-electron chi connectivity index (χ4n) is 2.12. The van der Waals surface area contributed by atoms with Crippen molar-refractivity contribution >= 4 is 5.69 Å². The molecule has 0 aliphatic rings. The minimum atomic E-state index is 0.344. The van der Waals surface area contributed by atoms with Gasteiger partial charge in [0.1, 0.15) is 6.07 Å². The Morgan fingerprint density at radius 3 is 2.42 bits per heavy atom. The van der Waals surface area contributed by atoms with Crippen LogP contribution in [0.3, 0.4) is 0 Å². The number of hydrogen-bond acceptors (Lipinski definition) is 2. The molecule has 1 atom stereocenters. The molecule has 0 heterocycles. The molecule has 19 heavy (non-hydrogen) atoms. The van der Waals surface area contributed by atoms with Crippen molar-refractivity contribution in [3.63, 3.8) is 0 Å². The Balaban J connectivity index is 2.09. The lowest BCUT2D eigenvalue weighted by molar-refractivity contribution is 0.690. The van der Waals surface area contributed by atoms with E-state index in [4.69, 9.17) is 5.26 Å². The SMILES string of the molecule is CCC(Cc1ccccc1)Nc1ccccc1C#N. The van der Waals surface area contributed by atoms with Crippen LogP contribution in [-0.4, -0.2) is 6.04 Å². The largest absolute Gasteiger partial charge is 0.381 e. The van der Waals surface area contributed by atoms with E-state index in [1.807, 2.05) is 30.3 Å². The second-order valence-electron chi connectivity index (χ2n) is 4.60. The zero-order valence-corrected chi connectivity index (χ0v) is 11.1. The standard InChI is InChI=1S/C17H18N2/c1-2-16(12-14-8-4-3-5-9-14)19-17-11-7-6-10-15(17)13-18/h3-11,16,19H,2,12H2,1H3. The summed E-state index contributed by atoms with van der Waals surface area (Å²) in [6, 6.07) is 20.7. The molecule has 0 amide bonds. The van der Waals surface area contributed by atoms with Crippen LogP contribution in [0.5, 0.6) is 0 Å². The predicted octanol–water partition coefficient (Wildman–Crippen LogP) is 3.99. The molecule has 0 saturated heterocycles. The van der Waals surface area contributed by atoms with Crippen LogP contribution in [0.2, 0.25) is 0 Å². The average molecular weight is 250 g/mol. The van der Waals surface area contributed by atoms with Crippen molar-refractivity contribution in [3.05, 3.63) is 65.7 Å². The molecule has 2 aromatic rings. The Kier molecular flexibility index (Phi) is 4.58. The summed E-state index contributed by atoms with van der Waals surface area (Å²) in [5, 5.41) is 12.6. The Labute approximate surface area is 114 Å². The molecule has 0 spiro atoms. The van der Waals surface area contributed by atoms with Gasteiger partial charge in [-0.25, -0.2) is 0 Å². The molecule has 0 aliphatic heterocycles. The zero-order valence-electron chi connectivity index (χ0n) is 11.1. The number of nitrogens with zero attached hydrogens (tertiary/aromatic N) is 1. The molecule has 0 aromatic heterocycles. The van der Waals surface area contributed by atoms with E-state index in [2.05, 4.69) is 42.6 Å². The van der Waals surface area contributed by atoms with Gasteiger partial charge in [0.2, 0.25) is 0 Å². The lowest BCUT2D eigenvalue weighted by Gasteiger charge is -2.19. The molecule has 2 aromatic carbocycles. The van der Waals surface area contributed by atoms with Gasteiger partial charge in [0.05, 0.1) is 11.3 Å². The molecule has 2 nitrogen and oxygen atoms in total. The van der Waals surface area contributed by atoms with Gasteiger partial charge in [-0.2, -0.15) is 5.26 Å². The molecular weight excluding hydrogens is 232 g/mol. The van der Waals surface area contributed by atoms with Crippen molar-refractivity contribution in [1.82, 2.24) is 0 Å². The highest BCUT2D eigenvalue weighted by Gasteiger charge is 2.09. The molecule has 1 N–H and O–H groups in total. The van der Waals surface area contributed by atoms with Crippen molar-refractivity contribution in [3.8, 4) is 6.07 Å². The van der Waals surface area contributed by atoms with E-state index in [1.165, 1.54) is 5.56 Å². The number of rotatable bonds is 5. The summed E-state index contributed by atoms with van der Waals surface area (Å²) in [6.07, 6.45) is 1.99. The number of para-hydroxylation sites is 1. The first kappa shape index (κ1) is 13.2. The van der Waals surface area contributed by atoms with Crippen molar-refractivity contribution < 1.29 is 0 Å². The number of nitrogens with one attached hydrogen (secondary N) is 1. The van der Waals surface area contributed by atoms with Gasteiger partial charge in [0, 0.05) is 6.04 Å². The predicted molar refractivity (Wildman–Crippen MR) is 79.0 cm³/mol. The van der Waals surface area contributed by atoms with Gasteiger partial charge in [-0.3, -0.25) is 0 Å². The molecule has 0 radical (unpaired) electrons. The highest BCUT2D eigenvalue weighted by molar-refractivity contribution is 5.57. The molecule has 2 rings (SSSR count). The van der Waals surface area contributed by atoms with Crippen LogP contribution in [0.1, 0.15) is 24.5 Å². The fraction of sp³-hybridized carbons (Fsp3) is 0.235. The Bertz CT molecular complexity index is 555. The maximum Gasteiger partial charge on any atom is 0.101 e. The maximum atomic E-state index is 9.10. The third kappa shape index (κ3) is 3.59. The first-order chi connectivity index (χ1) is 9.33. The topological polar surface area (TPSA) is 35.8 Å². The van der Waals surface area contributed by atoms with E-state index in [9.17, 15) is 0 Å². The van der Waals surface area contributed by atoms with Gasteiger partial charge in [-0.15, -0.1) is 0 Å². The molecule has 2 heteroatoms. The van der Waals surface area contributed by atoms with Crippen LogP contribution < -0.4 is 5.32 Å². The van der Waals surface area contributed by atoms with E-state index < -0.39 is 0 Å². The molecule has 1 unspecified atom stereocenters. The monoisotopic (exact) mass is 250 g/mol. The summed E-state index contributed by atoms with van der Waals surface area (Å²) < 4.78 is 0. The molecule has 96 valence electrons. The number of hydrogen-bond donors (Lipinski definition) is 1. The quantitative estimate of drug-likeness (QED) is 0.870. The van der Waals surface area contributed by atoms with Crippen LogP contribution in [0.25, 0.3) is 0 Å². The van der Waals surface area contributed by atoms with Crippen molar-refractivity contribution in [2.75, 3.05) is 5.32 Å². The fourth-order valence-corrected chi connectivity index (χ4v) is 2.12. The van der Waals surface area contributed by atoms with Crippen LogP contribution in [0.15, 0.2) is 54.6 Å². The number of nitriles is 1. The van der Waals surface area contributed by atoms with E-state index in [1.54, 1.807) is 0 Å². The van der Waals surface area contributed by atoms with Crippen molar-refractivity contribution in [2.45, 2.75) is 25.8 Å². The van der Waals surface area contributed by atoms with Crippen molar-refractivity contribution in [2.24, 2.45) is 0 Å². The first-order valence-electron chi connectivity index (χ1n) is 6.63. The summed E-state index contributed by atoms with van der Waals surface area (Å²) in [6.45, 7) is 2.16. The average Bonchev–Trinajstić information content (AvgIpc) is 2.48. The lowest BCUT2D eigenvalue weighted by Crippen LogP contribution is -2.21.